The Balaban J connectivity index is 1.11. The van der Waals surface area contributed by atoms with Gasteiger partial charge < -0.3 is 38.4 Å². The Morgan fingerprint density at radius 1 is 0.862 bits per heavy atom. The van der Waals surface area contributed by atoms with Crippen molar-refractivity contribution in [1.82, 2.24) is 29.7 Å². The molecule has 0 saturated carbocycles. The fraction of sp³-hybridized carbons (Fsp3) is 0.271. The number of halogens is 2. The zero-order valence-corrected chi connectivity index (χ0v) is 37.5. The van der Waals surface area contributed by atoms with Crippen LogP contribution in [0, 0.1) is 5.82 Å². The fourth-order valence-electron chi connectivity index (χ4n) is 7.43. The molecule has 1 N–H and O–H groups in total. The highest BCUT2D eigenvalue weighted by molar-refractivity contribution is 7.22. The number of hydrogen-bond acceptors (Lipinski definition) is 14. The fourth-order valence-corrected chi connectivity index (χ4v) is 8.86. The molecule has 65 heavy (non-hydrogen) atoms. The monoisotopic (exact) mass is 920 g/mol. The summed E-state index contributed by atoms with van der Waals surface area (Å²) in [6, 6.07) is 26.0. The Morgan fingerprint density at radius 2 is 1.63 bits per heavy atom. The first-order valence-corrected chi connectivity index (χ1v) is 22.0. The summed E-state index contributed by atoms with van der Waals surface area (Å²) in [6.07, 6.45) is 1.44. The smallest absolute Gasteiger partial charge is 0.345 e. The maximum absolute atomic E-state index is 14.3. The number of carboxylic acids is 1. The molecule has 0 spiro atoms. The highest BCUT2D eigenvalue weighted by atomic mass is 35.5. The van der Waals surface area contributed by atoms with Crippen LogP contribution in [0.4, 0.5) is 4.39 Å². The van der Waals surface area contributed by atoms with Crippen molar-refractivity contribution in [2.24, 2.45) is 0 Å². The number of ether oxygens (including phenoxy) is 6. The maximum Gasteiger partial charge on any atom is 0.345 e. The van der Waals surface area contributed by atoms with Gasteiger partial charge in [-0.2, -0.15) is 0 Å². The molecule has 0 bridgehead atoms. The lowest BCUT2D eigenvalue weighted by Crippen LogP contribution is -2.45. The lowest BCUT2D eigenvalue weighted by Gasteiger charge is -2.32. The Bertz CT molecular complexity index is 2750. The van der Waals surface area contributed by atoms with Gasteiger partial charge in [-0.05, 0) is 66.7 Å². The van der Waals surface area contributed by atoms with Crippen molar-refractivity contribution in [2.45, 2.75) is 19.1 Å². The normalized spacial score (nSPS) is 13.7. The number of carboxylic acid groups (broad SMARTS) is 1. The molecule has 1 atom stereocenters. The van der Waals surface area contributed by atoms with Gasteiger partial charge in [-0.15, -0.1) is 11.3 Å². The molecular formula is C48H46ClFN6O8S. The van der Waals surface area contributed by atoms with Gasteiger partial charge in [0, 0.05) is 68.5 Å². The van der Waals surface area contributed by atoms with Crippen LogP contribution in [-0.2, 0) is 22.6 Å². The van der Waals surface area contributed by atoms with E-state index < -0.39 is 17.9 Å². The zero-order chi connectivity index (χ0) is 45.3. The highest BCUT2D eigenvalue weighted by Gasteiger charge is 2.30. The lowest BCUT2D eigenvalue weighted by molar-refractivity contribution is -0.145. The largest absolute Gasteiger partial charge is 0.496 e. The molecule has 0 radical (unpaired) electrons. The Hall–Kier alpha value is -6.43. The molecule has 17 heteroatoms. The van der Waals surface area contributed by atoms with Crippen molar-refractivity contribution >= 4 is 39.1 Å². The summed E-state index contributed by atoms with van der Waals surface area (Å²) in [5.41, 5.74) is 3.62. The number of thiophene rings is 1. The van der Waals surface area contributed by atoms with E-state index in [1.807, 2.05) is 30.3 Å². The Kier molecular flexibility index (Phi) is 14.6. The van der Waals surface area contributed by atoms with E-state index in [-0.39, 0.29) is 36.5 Å². The van der Waals surface area contributed by atoms with Crippen LogP contribution in [-0.4, -0.2) is 114 Å². The summed E-state index contributed by atoms with van der Waals surface area (Å²) in [4.78, 5) is 37.1. The number of rotatable bonds is 19. The van der Waals surface area contributed by atoms with E-state index in [2.05, 4.69) is 31.8 Å². The summed E-state index contributed by atoms with van der Waals surface area (Å²) in [6.45, 7) is 4.91. The molecular weight excluding hydrogens is 875 g/mol. The quantitative estimate of drug-likeness (QED) is 0.0772. The third-order valence-corrected chi connectivity index (χ3v) is 12.3. The average molecular weight is 921 g/mol. The minimum Gasteiger partial charge on any atom is -0.496 e. The van der Waals surface area contributed by atoms with Crippen molar-refractivity contribution in [3.63, 3.8) is 0 Å². The number of benzene rings is 4. The molecule has 7 aromatic rings. The lowest BCUT2D eigenvalue weighted by atomic mass is 9.98. The van der Waals surface area contributed by atoms with E-state index in [1.165, 1.54) is 36.9 Å². The molecule has 4 heterocycles. The number of likely N-dealkylation sites (N-methyl/N-ethyl adjacent to an activating group) is 1. The number of aromatic nitrogens is 4. The van der Waals surface area contributed by atoms with Crippen LogP contribution in [0.25, 0.3) is 43.2 Å². The number of carbonyl (C=O) groups is 1. The topological polar surface area (TPSA) is 151 Å². The van der Waals surface area contributed by atoms with E-state index in [0.717, 1.165) is 38.3 Å². The van der Waals surface area contributed by atoms with E-state index >= 15 is 0 Å². The van der Waals surface area contributed by atoms with Crippen molar-refractivity contribution < 1.29 is 42.7 Å². The van der Waals surface area contributed by atoms with Crippen molar-refractivity contribution in [3.8, 4) is 61.8 Å². The van der Waals surface area contributed by atoms with Gasteiger partial charge in [-0.25, -0.2) is 29.1 Å². The van der Waals surface area contributed by atoms with Crippen LogP contribution in [0.2, 0.25) is 5.02 Å². The van der Waals surface area contributed by atoms with Gasteiger partial charge in [0.15, 0.2) is 18.4 Å². The molecule has 1 saturated heterocycles. The third kappa shape index (κ3) is 10.6. The highest BCUT2D eigenvalue weighted by Crippen LogP contribution is 2.52. The molecule has 1 aliphatic heterocycles. The first-order chi connectivity index (χ1) is 31.7. The minimum absolute atomic E-state index is 0.00610. The first-order valence-electron chi connectivity index (χ1n) is 20.8. The Labute approximate surface area is 384 Å². The van der Waals surface area contributed by atoms with Gasteiger partial charge in [0.25, 0.3) is 0 Å². The van der Waals surface area contributed by atoms with Crippen LogP contribution >= 0.6 is 22.9 Å². The van der Waals surface area contributed by atoms with Gasteiger partial charge in [-0.1, -0.05) is 54.1 Å². The number of hydrogen-bond donors (Lipinski definition) is 1. The second-order valence-corrected chi connectivity index (χ2v) is 16.5. The van der Waals surface area contributed by atoms with Crippen LogP contribution in [0.5, 0.6) is 28.9 Å². The molecule has 0 amide bonds. The molecule has 1 aliphatic rings. The summed E-state index contributed by atoms with van der Waals surface area (Å²) < 4.78 is 50.2. The minimum atomic E-state index is -1.43. The molecule has 0 aliphatic carbocycles. The number of aliphatic carboxylic acids is 1. The number of nitrogens with zero attached hydrogens (tertiary/aromatic N) is 6. The molecule has 1 fully saturated rings. The van der Waals surface area contributed by atoms with Crippen molar-refractivity contribution in [3.05, 3.63) is 126 Å². The third-order valence-electron chi connectivity index (χ3n) is 10.8. The van der Waals surface area contributed by atoms with E-state index in [1.54, 1.807) is 61.8 Å². The van der Waals surface area contributed by atoms with Crippen molar-refractivity contribution in [2.75, 3.05) is 67.4 Å². The molecule has 14 nitrogen and oxygen atoms in total. The zero-order valence-electron chi connectivity index (χ0n) is 35.9. The predicted octanol–water partition coefficient (Wildman–Crippen LogP) is 8.55. The Morgan fingerprint density at radius 3 is 2.40 bits per heavy atom. The van der Waals surface area contributed by atoms with Crippen LogP contribution in [0.1, 0.15) is 11.3 Å². The molecule has 336 valence electrons. The predicted molar refractivity (Wildman–Crippen MR) is 246 cm³/mol. The second-order valence-electron chi connectivity index (χ2n) is 15.1. The van der Waals surface area contributed by atoms with Gasteiger partial charge in [0.2, 0.25) is 12.0 Å². The van der Waals surface area contributed by atoms with Crippen LogP contribution in [0.3, 0.4) is 0 Å². The van der Waals surface area contributed by atoms with Crippen LogP contribution in [0.15, 0.2) is 104 Å². The summed E-state index contributed by atoms with van der Waals surface area (Å²) in [5, 5.41) is 11.3. The SMILES string of the molecule is COCOc1c(-c2c(-c3ccc(F)cc3)sc3ncnc(O[C@H](Cc4ccccc4OCc4ccnc(-c5ccccc5OC)n4)C(=O)O)c23)ccc(OCCN2CCN(C)CC2)c1Cl. The van der Waals surface area contributed by atoms with E-state index in [0.29, 0.717) is 72.7 Å². The summed E-state index contributed by atoms with van der Waals surface area (Å²) in [5.74, 6) is 0.588. The molecule has 3 aromatic heterocycles. The van der Waals surface area contributed by atoms with Gasteiger partial charge in [-0.3, -0.25) is 4.90 Å². The van der Waals surface area contributed by atoms with E-state index in [9.17, 15) is 14.3 Å². The first kappa shape index (κ1) is 45.1. The summed E-state index contributed by atoms with van der Waals surface area (Å²) in [7, 11) is 5.20. The standard InChI is InChI=1S/C48H46ClFN6O8S/c1-55-20-22-56(23-21-55)24-25-61-38-17-16-35(43(42(38)49)63-29-59-2)40-41-46(52-28-53-47(41)65-44(40)30-12-14-32(50)15-13-30)64-39(48(57)58)26-31-8-4-6-10-36(31)62-27-33-18-19-51-45(54-33)34-9-5-7-11-37(34)60-3/h4-19,28,39H,20-27,29H2,1-3H3,(H,57,58)/t39-/m1/s1. The number of para-hydroxylation sites is 2. The molecule has 0 unspecified atom stereocenters. The summed E-state index contributed by atoms with van der Waals surface area (Å²) >= 11 is 8.43. The maximum atomic E-state index is 14.3. The van der Waals surface area contributed by atoms with E-state index in [4.69, 9.17) is 45.0 Å². The van der Waals surface area contributed by atoms with Crippen LogP contribution < -0.4 is 23.7 Å². The average Bonchev–Trinajstić information content (AvgIpc) is 3.72. The van der Waals surface area contributed by atoms with Gasteiger partial charge >= 0.3 is 5.97 Å². The number of methoxy groups -OCH3 is 2. The molecule has 8 rings (SSSR count). The number of fused-ring (bicyclic) bond motifs is 1. The number of piperazine rings is 1. The molecule has 4 aromatic carbocycles. The van der Waals surface area contributed by atoms with Gasteiger partial charge in [0.1, 0.15) is 52.5 Å². The van der Waals surface area contributed by atoms with Gasteiger partial charge in [0.05, 0.1) is 23.8 Å². The second kappa shape index (κ2) is 21.0. The van der Waals surface area contributed by atoms with Crippen molar-refractivity contribution in [1.29, 1.82) is 0 Å².